The van der Waals surface area contributed by atoms with E-state index in [4.69, 9.17) is 27.4 Å². The molecule has 0 saturated heterocycles. The van der Waals surface area contributed by atoms with Crippen LogP contribution in [0.4, 0.5) is 0 Å². The van der Waals surface area contributed by atoms with E-state index < -0.39 is 0 Å². The van der Waals surface area contributed by atoms with Gasteiger partial charge in [0.25, 0.3) is 23.6 Å². The van der Waals surface area contributed by atoms with Crippen molar-refractivity contribution in [3.8, 4) is 114 Å². The Balaban J connectivity index is 0.000000118. The second-order valence-electron chi connectivity index (χ2n) is 26.4. The number of hydrogen-bond acceptors (Lipinski definition) is 21. The van der Waals surface area contributed by atoms with Gasteiger partial charge in [-0.15, -0.1) is 0 Å². The summed E-state index contributed by atoms with van der Waals surface area (Å²) in [7, 11) is 0. The van der Waals surface area contributed by atoms with Crippen molar-refractivity contribution < 1.29 is 27.4 Å². The molecule has 0 amide bonds. The van der Waals surface area contributed by atoms with Crippen molar-refractivity contribution in [1.82, 2.24) is 75.6 Å². The molecule has 16 aromatic rings. The quantitative estimate of drug-likeness (QED) is 0.0772. The molecule has 0 bridgehead atoms. The fourth-order valence-electron chi connectivity index (χ4n) is 12.0. The first kappa shape index (κ1) is 72.2. The Morgan fingerprint density at radius 2 is 0.757 bits per heavy atom. The monoisotopic (exact) mass is 1420 g/mol. The van der Waals surface area contributed by atoms with Crippen molar-refractivity contribution in [3.63, 3.8) is 0 Å². The average Bonchev–Trinajstić information content (AvgIpc) is 1.80. The third-order valence-corrected chi connectivity index (χ3v) is 17.7. The molecule has 0 aliphatic heterocycles. The molecule has 0 N–H and O–H groups in total. The summed E-state index contributed by atoms with van der Waals surface area (Å²) >= 11 is 0. The van der Waals surface area contributed by atoms with Crippen LogP contribution in [0.1, 0.15) is 96.1 Å². The zero-order chi connectivity index (χ0) is 73.4. The van der Waals surface area contributed by atoms with Gasteiger partial charge in [0.2, 0.25) is 35.0 Å². The zero-order valence-corrected chi connectivity index (χ0v) is 60.0. The summed E-state index contributed by atoms with van der Waals surface area (Å²) in [5.74, 6) is 9.97. The number of aromatic nitrogens is 15. The topological polar surface area (TPSA) is 268 Å². The zero-order valence-electron chi connectivity index (χ0n) is 60.0. The molecular weight excluding hydrogens is 1340 g/mol. The molecule has 0 radical (unpaired) electrons. The van der Waals surface area contributed by atoms with Crippen LogP contribution in [-0.4, -0.2) is 75.6 Å². The molecule has 10 aromatic heterocycles. The number of para-hydroxylation sites is 1. The highest BCUT2D eigenvalue weighted by molar-refractivity contribution is 5.94. The highest BCUT2D eigenvalue weighted by Gasteiger charge is 2.26. The molecule has 21 heteroatoms. The van der Waals surface area contributed by atoms with Gasteiger partial charge in [0.15, 0.2) is 0 Å². The van der Waals surface area contributed by atoms with Crippen molar-refractivity contribution >= 4 is 10.8 Å². The summed E-state index contributed by atoms with van der Waals surface area (Å²) < 4.78 is 32.9. The van der Waals surface area contributed by atoms with E-state index in [1.165, 1.54) is 49.7 Å². The van der Waals surface area contributed by atoms with Crippen molar-refractivity contribution in [2.24, 2.45) is 17.8 Å². The van der Waals surface area contributed by atoms with Crippen LogP contribution in [0.25, 0.3) is 114 Å². The molecule has 17 rings (SSSR count). The van der Waals surface area contributed by atoms with Crippen LogP contribution in [0.5, 0.6) is 11.5 Å². The van der Waals surface area contributed by atoms with E-state index in [1.54, 1.807) is 62.0 Å². The molecule has 1 aliphatic carbocycles. The molecule has 6 aromatic carbocycles. The molecule has 1 saturated carbocycles. The molecule has 10 heterocycles. The third-order valence-electron chi connectivity index (χ3n) is 17.7. The molecule has 1 aliphatic rings. The fraction of sp³-hybridized carbons (Fsp3) is 0.198. The molecule has 21 nitrogen and oxygen atoms in total. The fourth-order valence-corrected chi connectivity index (χ4v) is 12.0. The van der Waals surface area contributed by atoms with Crippen LogP contribution in [0, 0.1) is 17.8 Å². The average molecular weight is 1420 g/mol. The van der Waals surface area contributed by atoms with Crippen LogP contribution in [0.3, 0.4) is 0 Å². The lowest BCUT2D eigenvalue weighted by Crippen LogP contribution is -2.12. The predicted molar refractivity (Wildman–Crippen MR) is 410 cm³/mol. The van der Waals surface area contributed by atoms with Crippen molar-refractivity contribution in [1.29, 1.82) is 0 Å². The lowest BCUT2D eigenvalue weighted by atomic mass is 9.81. The summed E-state index contributed by atoms with van der Waals surface area (Å²) in [5.41, 5.74) is 10.8. The number of benzene rings is 6. The van der Waals surface area contributed by atoms with Crippen LogP contribution in [-0.2, 0) is 12.8 Å². The number of nitrogens with zero attached hydrogens (tertiary/aromatic N) is 15. The molecule has 0 spiro atoms. The molecule has 534 valence electrons. The van der Waals surface area contributed by atoms with Crippen molar-refractivity contribution in [2.45, 2.75) is 91.9 Å². The third kappa shape index (κ3) is 20.0. The largest absolute Gasteiger partial charge is 0.457 e. The summed E-state index contributed by atoms with van der Waals surface area (Å²) in [6.45, 7) is 11.2. The normalized spacial score (nSPS) is 13.1. The van der Waals surface area contributed by atoms with Crippen molar-refractivity contribution in [3.05, 3.63) is 285 Å². The van der Waals surface area contributed by atoms with Crippen LogP contribution >= 0.6 is 0 Å². The van der Waals surface area contributed by atoms with E-state index in [1.807, 2.05) is 164 Å². The lowest BCUT2D eigenvalue weighted by molar-refractivity contribution is 0.267. The minimum absolute atomic E-state index is 0.445. The maximum absolute atomic E-state index is 5.83. The lowest BCUT2D eigenvalue weighted by Gasteiger charge is -2.25. The predicted octanol–water partition coefficient (Wildman–Crippen LogP) is 20.7. The number of ether oxygens (including phenoxy) is 1. The molecule has 0 unspecified atom stereocenters. The van der Waals surface area contributed by atoms with Gasteiger partial charge in [0.05, 0.1) is 0 Å². The van der Waals surface area contributed by atoms with E-state index >= 15 is 0 Å². The van der Waals surface area contributed by atoms with Gasteiger partial charge in [-0.3, -0.25) is 24.9 Å². The van der Waals surface area contributed by atoms with Gasteiger partial charge >= 0.3 is 0 Å². The van der Waals surface area contributed by atoms with Gasteiger partial charge in [-0.1, -0.05) is 152 Å². The second kappa shape index (κ2) is 36.3. The minimum atomic E-state index is 0.445. The maximum Gasteiger partial charge on any atom is 0.258 e. The Labute approximate surface area is 619 Å². The standard InChI is InChI=1S/C19H13N3O2.C18H19N3O.C17H11N3O.C17H17N3O.C15H19N3O/c1-2-6-16(7-3-1)23-17-8-4-5-15(13-17)19-21-18(22-24-19)14-9-11-20-12-10-14;1-13(2)6-7-14-4-3-5-16(12-14)18-20-17(21-22-18)15-8-10-19-11-9-15;1-2-6-14-12(4-1)5-3-7-15(14)17-19-16(20-21-17)13-8-10-18-11-9-13;1-12(2)10-13-4-3-5-15(11-13)17-19-16(20-21-17)14-6-8-18-9-7-14;1-2-11-3-5-13(6-4-11)15-17-14(18-19-15)12-7-9-16-10-8-12/h1-13H;3-5,8-13H,6-7H2,1-2H3;1-11H;3-9,11-12H,10H2,1-2H3;7-11,13H,2-6H2,1H3. The van der Waals surface area contributed by atoms with E-state index in [-0.39, 0.29) is 0 Å². The second-order valence-corrected chi connectivity index (χ2v) is 26.4. The molecule has 1 fully saturated rings. The summed E-state index contributed by atoms with van der Waals surface area (Å²) in [4.78, 5) is 42.4. The first-order chi connectivity index (χ1) is 52.6. The Morgan fingerprint density at radius 3 is 1.25 bits per heavy atom. The van der Waals surface area contributed by atoms with Gasteiger partial charge in [-0.2, -0.15) is 24.9 Å². The number of hydrogen-bond donors (Lipinski definition) is 0. The van der Waals surface area contributed by atoms with Crippen LogP contribution in [0.2, 0.25) is 0 Å². The van der Waals surface area contributed by atoms with Crippen molar-refractivity contribution in [2.75, 3.05) is 0 Å². The maximum atomic E-state index is 5.83. The van der Waals surface area contributed by atoms with E-state index in [9.17, 15) is 0 Å². The highest BCUT2D eigenvalue weighted by atomic mass is 16.5. The number of rotatable bonds is 18. The Hall–Kier alpha value is -13.2. The van der Waals surface area contributed by atoms with Gasteiger partial charge in [0, 0.05) is 118 Å². The van der Waals surface area contributed by atoms with Gasteiger partial charge in [0.1, 0.15) is 11.5 Å². The van der Waals surface area contributed by atoms with E-state index in [2.05, 4.69) is 153 Å². The number of pyridine rings is 5. The molecule has 107 heavy (non-hydrogen) atoms. The highest BCUT2D eigenvalue weighted by Crippen LogP contribution is 2.38. The van der Waals surface area contributed by atoms with Gasteiger partial charge < -0.3 is 27.4 Å². The van der Waals surface area contributed by atoms with Gasteiger partial charge in [-0.25, -0.2) is 0 Å². The van der Waals surface area contributed by atoms with E-state index in [0.717, 1.165) is 91.2 Å². The summed E-state index contributed by atoms with van der Waals surface area (Å²) in [5, 5.41) is 22.5. The summed E-state index contributed by atoms with van der Waals surface area (Å²) in [6, 6.07) is 66.6. The van der Waals surface area contributed by atoms with Crippen LogP contribution < -0.4 is 4.74 Å². The van der Waals surface area contributed by atoms with Crippen LogP contribution in [0.15, 0.2) is 291 Å². The molecular formula is C86H79N15O6. The Morgan fingerprint density at radius 1 is 0.355 bits per heavy atom. The Bertz CT molecular complexity index is 5340. The minimum Gasteiger partial charge on any atom is -0.457 e. The van der Waals surface area contributed by atoms with E-state index in [0.29, 0.717) is 76.2 Å². The van der Waals surface area contributed by atoms with Gasteiger partial charge in [-0.05, 0) is 206 Å². The number of fused-ring (bicyclic) bond motifs is 1. The molecule has 0 atom stereocenters. The number of aryl methyl sites for hydroxylation is 1. The Kier molecular flexibility index (Phi) is 24.5. The summed E-state index contributed by atoms with van der Waals surface area (Å²) in [6.07, 6.45) is 26.7. The first-order valence-corrected chi connectivity index (χ1v) is 35.8. The first-order valence-electron chi connectivity index (χ1n) is 35.8. The smallest absolute Gasteiger partial charge is 0.258 e. The SMILES string of the molecule is CC(C)CCc1cccc(-c2nc(-c3ccncc3)no2)c1.CC(C)Cc1cccc(-c2nc(-c3ccncc3)no2)c1.CCC1CCC(c2nc(-c3ccncc3)no2)CC1.c1ccc(Oc2cccc(-c3nc(-c4ccncc4)no3)c2)cc1.c1ccc2c(-c3nc(-c4ccncc4)no3)cccc2c1.